The monoisotopic (exact) mass is 86.1 g/mol. The van der Waals surface area contributed by atoms with E-state index in [2.05, 4.69) is 13.2 Å². The number of aliphatic hydroxyl groups excluding tert-OH is 1. The van der Waals surface area contributed by atoms with Gasteiger partial charge in [-0.1, -0.05) is 25.3 Å². The normalized spacial score (nSPS) is 4.33. The molecule has 0 rings (SSSR count). The molecule has 1 N–H and O–H groups in total. The molecular formula is C5H10O. The summed E-state index contributed by atoms with van der Waals surface area (Å²) in [5, 5.41) is 7.00. The highest BCUT2D eigenvalue weighted by Gasteiger charge is 1.29. The van der Waals surface area contributed by atoms with Crippen molar-refractivity contribution in [2.75, 3.05) is 7.11 Å². The molecular weight excluding hydrogens is 76.1 g/mol. The largest absolute Gasteiger partial charge is 0.400 e. The number of rotatable bonds is 1. The fourth-order valence-corrected chi connectivity index (χ4v) is 0. The molecule has 0 saturated carbocycles. The molecule has 36 valence electrons. The van der Waals surface area contributed by atoms with Crippen LogP contribution in [0.4, 0.5) is 0 Å². The van der Waals surface area contributed by atoms with Crippen LogP contribution in [-0.4, -0.2) is 12.2 Å². The summed E-state index contributed by atoms with van der Waals surface area (Å²) in [6.07, 6.45) is 3.28. The van der Waals surface area contributed by atoms with Crippen LogP contribution in [0, 0.1) is 0 Å². The quantitative estimate of drug-likeness (QED) is 0.471. The zero-order valence-corrected chi connectivity index (χ0v) is 4.02. The Bertz CT molecular complexity index is 24.9. The summed E-state index contributed by atoms with van der Waals surface area (Å²) in [6, 6.07) is 0. The van der Waals surface area contributed by atoms with Gasteiger partial charge in [-0.25, -0.2) is 0 Å². The van der Waals surface area contributed by atoms with Gasteiger partial charge in [0.1, 0.15) is 0 Å². The third-order valence-electron chi connectivity index (χ3n) is 0.167. The van der Waals surface area contributed by atoms with E-state index in [0.29, 0.717) is 0 Å². The minimum Gasteiger partial charge on any atom is -0.400 e. The molecule has 0 aromatic rings. The minimum atomic E-state index is 1.00. The fraction of sp³-hybridized carbons (Fsp3) is 0.200. The Labute approximate surface area is 38.6 Å². The molecule has 0 spiro atoms. The van der Waals surface area contributed by atoms with E-state index in [1.165, 1.54) is 0 Å². The van der Waals surface area contributed by atoms with Crippen LogP contribution in [0.1, 0.15) is 0 Å². The zero-order chi connectivity index (χ0) is 5.41. The lowest BCUT2D eigenvalue weighted by Gasteiger charge is -1.44. The Kier molecular flexibility index (Phi) is 38.3. The molecule has 0 aliphatic heterocycles. The Hall–Kier alpha value is -0.560. The van der Waals surface area contributed by atoms with Crippen LogP contribution in [0.2, 0.25) is 0 Å². The van der Waals surface area contributed by atoms with E-state index in [4.69, 9.17) is 5.11 Å². The SMILES string of the molecule is C=CC=C.CO. The van der Waals surface area contributed by atoms with Gasteiger partial charge in [0.15, 0.2) is 0 Å². The maximum absolute atomic E-state index is 7.00. The lowest BCUT2D eigenvalue weighted by atomic mass is 10.6. The van der Waals surface area contributed by atoms with Gasteiger partial charge < -0.3 is 5.11 Å². The lowest BCUT2D eigenvalue weighted by molar-refractivity contribution is 0.399. The summed E-state index contributed by atoms with van der Waals surface area (Å²) >= 11 is 0. The molecule has 1 heteroatoms. The number of aliphatic hydroxyl groups is 1. The molecule has 6 heavy (non-hydrogen) atoms. The first-order chi connectivity index (χ1) is 2.91. The van der Waals surface area contributed by atoms with Crippen molar-refractivity contribution < 1.29 is 5.11 Å². The van der Waals surface area contributed by atoms with E-state index in [-0.39, 0.29) is 0 Å². The highest BCUT2D eigenvalue weighted by Crippen LogP contribution is 1.52. The summed E-state index contributed by atoms with van der Waals surface area (Å²) in [5.41, 5.74) is 0. The van der Waals surface area contributed by atoms with Gasteiger partial charge in [0, 0.05) is 7.11 Å². The standard InChI is InChI=1S/C4H6.CH4O/c1-3-4-2;1-2/h3-4H,1-2H2;2H,1H3. The molecule has 0 heterocycles. The van der Waals surface area contributed by atoms with Crippen molar-refractivity contribution >= 4 is 0 Å². The summed E-state index contributed by atoms with van der Waals surface area (Å²) in [4.78, 5) is 0. The number of hydrogen-bond acceptors (Lipinski definition) is 1. The first-order valence-corrected chi connectivity index (χ1v) is 1.60. The van der Waals surface area contributed by atoms with Gasteiger partial charge in [-0.05, 0) is 0 Å². The second-order valence-electron chi connectivity index (χ2n) is 0.471. The van der Waals surface area contributed by atoms with E-state index < -0.39 is 0 Å². The highest BCUT2D eigenvalue weighted by atomic mass is 16.2. The Morgan fingerprint density at radius 2 is 1.33 bits per heavy atom. The molecule has 0 saturated heterocycles. The van der Waals surface area contributed by atoms with Gasteiger partial charge in [-0.3, -0.25) is 0 Å². The predicted molar refractivity (Wildman–Crippen MR) is 28.5 cm³/mol. The molecule has 0 radical (unpaired) electrons. The molecule has 0 aliphatic rings. The molecule has 0 aliphatic carbocycles. The third-order valence-corrected chi connectivity index (χ3v) is 0.167. The van der Waals surface area contributed by atoms with Gasteiger partial charge in [-0.15, -0.1) is 0 Å². The van der Waals surface area contributed by atoms with Crippen molar-refractivity contribution in [1.29, 1.82) is 0 Å². The number of hydrogen-bond donors (Lipinski definition) is 1. The topological polar surface area (TPSA) is 20.2 Å². The molecule has 0 aromatic heterocycles. The summed E-state index contributed by atoms with van der Waals surface area (Å²) in [7, 11) is 1.00. The summed E-state index contributed by atoms with van der Waals surface area (Å²) in [6.45, 7) is 6.72. The van der Waals surface area contributed by atoms with Gasteiger partial charge in [-0.2, -0.15) is 0 Å². The highest BCUT2D eigenvalue weighted by molar-refractivity contribution is 4.88. The van der Waals surface area contributed by atoms with E-state index in [1.54, 1.807) is 12.2 Å². The first-order valence-electron chi connectivity index (χ1n) is 1.60. The molecule has 1 nitrogen and oxygen atoms in total. The molecule has 0 atom stereocenters. The Balaban J connectivity index is 0. The second-order valence-corrected chi connectivity index (χ2v) is 0.471. The lowest BCUT2D eigenvalue weighted by Crippen LogP contribution is -1.25. The van der Waals surface area contributed by atoms with Crippen LogP contribution in [0.25, 0.3) is 0 Å². The summed E-state index contributed by atoms with van der Waals surface area (Å²) < 4.78 is 0. The van der Waals surface area contributed by atoms with Crippen LogP contribution in [-0.2, 0) is 0 Å². The maximum atomic E-state index is 7.00. The average Bonchev–Trinajstić information content (AvgIpc) is 1.72. The summed E-state index contributed by atoms with van der Waals surface area (Å²) in [5.74, 6) is 0. The Morgan fingerprint density at radius 1 is 1.17 bits per heavy atom. The molecule has 0 fully saturated rings. The van der Waals surface area contributed by atoms with Gasteiger partial charge in [0.2, 0.25) is 0 Å². The van der Waals surface area contributed by atoms with Crippen molar-refractivity contribution in [2.24, 2.45) is 0 Å². The smallest absolute Gasteiger partial charge is 0.0319 e. The van der Waals surface area contributed by atoms with Gasteiger partial charge in [0.05, 0.1) is 0 Å². The molecule has 0 aromatic carbocycles. The molecule has 0 amide bonds. The minimum absolute atomic E-state index is 1.00. The maximum Gasteiger partial charge on any atom is 0.0319 e. The van der Waals surface area contributed by atoms with Crippen LogP contribution in [0.5, 0.6) is 0 Å². The zero-order valence-electron chi connectivity index (χ0n) is 4.02. The van der Waals surface area contributed by atoms with Crippen LogP contribution in [0.15, 0.2) is 25.3 Å². The van der Waals surface area contributed by atoms with Gasteiger partial charge in [0.25, 0.3) is 0 Å². The Morgan fingerprint density at radius 3 is 1.33 bits per heavy atom. The van der Waals surface area contributed by atoms with E-state index in [9.17, 15) is 0 Å². The fourth-order valence-electron chi connectivity index (χ4n) is 0. The van der Waals surface area contributed by atoms with Crippen LogP contribution < -0.4 is 0 Å². The predicted octanol–water partition coefficient (Wildman–Crippen LogP) is 0.967. The van der Waals surface area contributed by atoms with Crippen LogP contribution in [0.3, 0.4) is 0 Å². The molecule has 0 unspecified atom stereocenters. The van der Waals surface area contributed by atoms with Crippen LogP contribution >= 0.6 is 0 Å². The second kappa shape index (κ2) is 25.3. The third kappa shape index (κ3) is 106. The number of allylic oxidation sites excluding steroid dienone is 2. The van der Waals surface area contributed by atoms with Crippen molar-refractivity contribution in [3.05, 3.63) is 25.3 Å². The molecule has 0 bridgehead atoms. The van der Waals surface area contributed by atoms with Crippen molar-refractivity contribution in [1.82, 2.24) is 0 Å². The van der Waals surface area contributed by atoms with E-state index in [0.717, 1.165) is 7.11 Å². The van der Waals surface area contributed by atoms with E-state index in [1.807, 2.05) is 0 Å². The van der Waals surface area contributed by atoms with Crippen molar-refractivity contribution in [2.45, 2.75) is 0 Å². The van der Waals surface area contributed by atoms with E-state index >= 15 is 0 Å². The van der Waals surface area contributed by atoms with Crippen molar-refractivity contribution in [3.8, 4) is 0 Å². The average molecular weight is 86.1 g/mol. The van der Waals surface area contributed by atoms with Crippen molar-refractivity contribution in [3.63, 3.8) is 0 Å². The first kappa shape index (κ1) is 9.06. The van der Waals surface area contributed by atoms with Gasteiger partial charge >= 0.3 is 0 Å².